The Morgan fingerprint density at radius 2 is 1.25 bits per heavy atom. The molecule has 5 rings (SSSR count). The van der Waals surface area contributed by atoms with Gasteiger partial charge in [-0.25, -0.2) is 0 Å². The molecule has 0 bridgehead atoms. The number of halogens is 2. The molecule has 0 aromatic heterocycles. The molecule has 1 heterocycles. The molecule has 0 radical (unpaired) electrons. The molecule has 4 aromatic carbocycles. The van der Waals surface area contributed by atoms with Gasteiger partial charge in [0, 0.05) is 31.0 Å². The summed E-state index contributed by atoms with van der Waals surface area (Å²) in [6.07, 6.45) is 4.34. The number of fused-ring (bicyclic) bond motifs is 3. The molecule has 1 nitrogen and oxygen atoms in total. The highest BCUT2D eigenvalue weighted by molar-refractivity contribution is 9.10. The fourth-order valence-corrected chi connectivity index (χ4v) is 4.31. The van der Waals surface area contributed by atoms with Gasteiger partial charge in [-0.3, -0.25) is 0 Å². The van der Waals surface area contributed by atoms with Crippen LogP contribution < -0.4 is 4.74 Å². The largest absolute Gasteiger partial charge is 0.472 e. The smallest absolute Gasteiger partial charge is 0.178 e. The Bertz CT molecular complexity index is 1150. The first-order valence-electron chi connectivity index (χ1n) is 9.08. The van der Waals surface area contributed by atoms with Gasteiger partial charge in [-0.05, 0) is 35.7 Å². The van der Waals surface area contributed by atoms with Gasteiger partial charge in [-0.15, -0.1) is 0 Å². The van der Waals surface area contributed by atoms with Gasteiger partial charge in [0.05, 0.1) is 0 Å². The van der Waals surface area contributed by atoms with Crippen LogP contribution in [0.1, 0.15) is 16.7 Å². The van der Waals surface area contributed by atoms with E-state index in [1.807, 2.05) is 0 Å². The van der Waals surface area contributed by atoms with Crippen LogP contribution in [-0.4, -0.2) is 0 Å². The highest BCUT2D eigenvalue weighted by Crippen LogP contribution is 2.45. The summed E-state index contributed by atoms with van der Waals surface area (Å²) in [7, 11) is 0. The lowest BCUT2D eigenvalue weighted by molar-refractivity contribution is 0.163. The van der Waals surface area contributed by atoms with E-state index in [0.717, 1.165) is 36.8 Å². The summed E-state index contributed by atoms with van der Waals surface area (Å²) in [6.45, 7) is 0. The van der Waals surface area contributed by atoms with E-state index in [1.165, 1.54) is 5.39 Å². The van der Waals surface area contributed by atoms with Gasteiger partial charge >= 0.3 is 0 Å². The molecule has 1 aliphatic rings. The lowest BCUT2D eigenvalue weighted by atomic mass is 9.83. The standard InChI is InChI=1S/C25H16Br2O/c26-21-11-7-19(8-12-21)25(20-9-13-22(27)14-10-20)16-15-18-6-5-17-3-1-2-4-23(17)24(18)28-25/h1-16H. The molecule has 0 fully saturated rings. The Labute approximate surface area is 180 Å². The fraction of sp³-hybridized carbons (Fsp3) is 0.0400. The van der Waals surface area contributed by atoms with Crippen molar-refractivity contribution in [2.24, 2.45) is 0 Å². The predicted molar refractivity (Wildman–Crippen MR) is 123 cm³/mol. The minimum absolute atomic E-state index is 0.682. The summed E-state index contributed by atoms with van der Waals surface area (Å²) in [6, 6.07) is 29.4. The van der Waals surface area contributed by atoms with Crippen LogP contribution in [0.4, 0.5) is 0 Å². The number of rotatable bonds is 2. The second kappa shape index (κ2) is 6.91. The van der Waals surface area contributed by atoms with Crippen molar-refractivity contribution in [3.63, 3.8) is 0 Å². The predicted octanol–water partition coefficient (Wildman–Crippen LogP) is 7.71. The first kappa shape index (κ1) is 17.7. The van der Waals surface area contributed by atoms with Crippen LogP contribution in [0.2, 0.25) is 0 Å². The van der Waals surface area contributed by atoms with Gasteiger partial charge in [0.25, 0.3) is 0 Å². The van der Waals surface area contributed by atoms with Crippen LogP contribution in [0, 0.1) is 0 Å². The number of ether oxygens (including phenoxy) is 1. The average molecular weight is 492 g/mol. The zero-order chi connectivity index (χ0) is 19.1. The number of hydrogen-bond acceptors (Lipinski definition) is 1. The van der Waals surface area contributed by atoms with E-state index < -0.39 is 5.60 Å². The third-order valence-corrected chi connectivity index (χ3v) is 6.27. The summed E-state index contributed by atoms with van der Waals surface area (Å²) in [5, 5.41) is 2.31. The quantitative estimate of drug-likeness (QED) is 0.279. The molecular weight excluding hydrogens is 476 g/mol. The molecule has 136 valence electrons. The van der Waals surface area contributed by atoms with Crippen LogP contribution >= 0.6 is 31.9 Å². The van der Waals surface area contributed by atoms with Gasteiger partial charge < -0.3 is 4.74 Å². The van der Waals surface area contributed by atoms with Crippen molar-refractivity contribution >= 4 is 48.7 Å². The molecule has 28 heavy (non-hydrogen) atoms. The minimum atomic E-state index is -0.682. The third-order valence-electron chi connectivity index (χ3n) is 5.22. The van der Waals surface area contributed by atoms with Gasteiger partial charge in [-0.2, -0.15) is 0 Å². The van der Waals surface area contributed by atoms with Gasteiger partial charge in [-0.1, -0.05) is 98.6 Å². The third kappa shape index (κ3) is 2.90. The summed E-state index contributed by atoms with van der Waals surface area (Å²) in [5.74, 6) is 0.923. The molecule has 0 unspecified atom stereocenters. The number of benzene rings is 4. The van der Waals surface area contributed by atoms with E-state index in [-0.39, 0.29) is 0 Å². The van der Waals surface area contributed by atoms with Crippen LogP contribution in [0.5, 0.6) is 5.75 Å². The Balaban J connectivity index is 1.76. The first-order valence-corrected chi connectivity index (χ1v) is 10.7. The average Bonchev–Trinajstić information content (AvgIpc) is 2.74. The normalized spacial score (nSPS) is 14.5. The van der Waals surface area contributed by atoms with Crippen LogP contribution in [-0.2, 0) is 5.60 Å². The molecule has 4 aromatic rings. The van der Waals surface area contributed by atoms with Crippen molar-refractivity contribution in [3.05, 3.63) is 117 Å². The van der Waals surface area contributed by atoms with Crippen molar-refractivity contribution in [1.29, 1.82) is 0 Å². The summed E-state index contributed by atoms with van der Waals surface area (Å²) in [4.78, 5) is 0. The van der Waals surface area contributed by atoms with E-state index in [1.54, 1.807) is 0 Å². The van der Waals surface area contributed by atoms with Crippen LogP contribution in [0.25, 0.3) is 16.8 Å². The Morgan fingerprint density at radius 1 is 0.643 bits per heavy atom. The van der Waals surface area contributed by atoms with E-state index in [0.29, 0.717) is 0 Å². The number of hydrogen-bond donors (Lipinski definition) is 0. The monoisotopic (exact) mass is 490 g/mol. The van der Waals surface area contributed by atoms with E-state index in [9.17, 15) is 0 Å². The lowest BCUT2D eigenvalue weighted by Gasteiger charge is -2.36. The van der Waals surface area contributed by atoms with Crippen LogP contribution in [0.3, 0.4) is 0 Å². The van der Waals surface area contributed by atoms with E-state index >= 15 is 0 Å². The molecule has 1 aliphatic heterocycles. The highest BCUT2D eigenvalue weighted by atomic mass is 79.9. The van der Waals surface area contributed by atoms with E-state index in [4.69, 9.17) is 4.74 Å². The second-order valence-electron chi connectivity index (χ2n) is 6.89. The second-order valence-corrected chi connectivity index (χ2v) is 8.72. The zero-order valence-electron chi connectivity index (χ0n) is 14.9. The Morgan fingerprint density at radius 3 is 1.89 bits per heavy atom. The molecule has 0 atom stereocenters. The lowest BCUT2D eigenvalue weighted by Crippen LogP contribution is -2.34. The van der Waals surface area contributed by atoms with Crippen molar-refractivity contribution < 1.29 is 4.74 Å². The van der Waals surface area contributed by atoms with Gasteiger partial charge in [0.15, 0.2) is 5.60 Å². The molecular formula is C25H16Br2O. The molecule has 0 amide bonds. The molecule has 0 spiro atoms. The maximum absolute atomic E-state index is 6.87. The molecule has 0 aliphatic carbocycles. The fourth-order valence-electron chi connectivity index (χ4n) is 3.78. The summed E-state index contributed by atoms with van der Waals surface area (Å²) in [5.41, 5.74) is 2.60. The Kier molecular flexibility index (Phi) is 4.37. The topological polar surface area (TPSA) is 9.23 Å². The van der Waals surface area contributed by atoms with Crippen molar-refractivity contribution in [1.82, 2.24) is 0 Å². The van der Waals surface area contributed by atoms with E-state index in [2.05, 4.69) is 129 Å². The van der Waals surface area contributed by atoms with Gasteiger partial charge in [0.1, 0.15) is 5.75 Å². The van der Waals surface area contributed by atoms with Crippen LogP contribution in [0.15, 0.2) is 100.0 Å². The highest BCUT2D eigenvalue weighted by Gasteiger charge is 2.37. The van der Waals surface area contributed by atoms with Crippen molar-refractivity contribution in [2.45, 2.75) is 5.60 Å². The maximum atomic E-state index is 6.87. The zero-order valence-corrected chi connectivity index (χ0v) is 18.1. The van der Waals surface area contributed by atoms with Gasteiger partial charge in [0.2, 0.25) is 0 Å². The molecule has 0 saturated carbocycles. The Hall–Kier alpha value is -2.36. The van der Waals surface area contributed by atoms with Crippen molar-refractivity contribution in [3.8, 4) is 5.75 Å². The summed E-state index contributed by atoms with van der Waals surface area (Å²) >= 11 is 7.09. The molecule has 0 saturated heterocycles. The summed E-state index contributed by atoms with van der Waals surface area (Å²) < 4.78 is 8.97. The molecule has 3 heteroatoms. The SMILES string of the molecule is Brc1ccc(C2(c3ccc(Br)cc3)C=Cc3ccc4ccccc4c3O2)cc1. The molecule has 0 N–H and O–H groups in total. The first-order chi connectivity index (χ1) is 13.7. The minimum Gasteiger partial charge on any atom is -0.472 e. The maximum Gasteiger partial charge on any atom is 0.178 e. The van der Waals surface area contributed by atoms with Crippen molar-refractivity contribution in [2.75, 3.05) is 0 Å².